The summed E-state index contributed by atoms with van der Waals surface area (Å²) in [5, 5.41) is -0.484. The van der Waals surface area contributed by atoms with Gasteiger partial charge in [-0.25, -0.2) is 0 Å². The fraction of sp³-hybridized carbons (Fsp3) is 0. The molecule has 0 aliphatic rings. The summed E-state index contributed by atoms with van der Waals surface area (Å²) in [4.78, 5) is 0. The first-order valence-electron chi connectivity index (χ1n) is 0.534. The van der Waals surface area contributed by atoms with Crippen molar-refractivity contribution in [2.24, 2.45) is 0 Å². The molecule has 0 bridgehead atoms. The van der Waals surface area contributed by atoms with E-state index in [-0.39, 0.29) is 0 Å². The highest BCUT2D eigenvalue weighted by Crippen LogP contribution is 1.74. The van der Waals surface area contributed by atoms with Crippen LogP contribution in [0.1, 0.15) is 0 Å². The van der Waals surface area contributed by atoms with Crippen molar-refractivity contribution in [3.8, 4) is 0 Å². The standard InChI is InChI=1S/HIS3/c1-4(2)3/h4H. The molecular formula is HIS3. The summed E-state index contributed by atoms with van der Waals surface area (Å²) in [6, 6.07) is 0. The summed E-state index contributed by atoms with van der Waals surface area (Å²) in [7, 11) is 0. The van der Waals surface area contributed by atoms with E-state index in [9.17, 15) is 0 Å². The van der Waals surface area contributed by atoms with E-state index in [1.807, 2.05) is 21.2 Å². The number of halogens is 1. The minimum atomic E-state index is -0.484. The molecule has 0 aromatic heterocycles. The maximum Gasteiger partial charge on any atom is 0.00143 e. The molecule has 0 unspecified atom stereocenters. The highest BCUT2D eigenvalue weighted by Gasteiger charge is 1.38. The minimum absolute atomic E-state index is 0.484. The van der Waals surface area contributed by atoms with Crippen LogP contribution in [0.25, 0.3) is 0 Å². The predicted molar refractivity (Wildman–Crippen MR) is 37.5 cm³/mol. The van der Waals surface area contributed by atoms with Crippen molar-refractivity contribution >= 4 is 48.8 Å². The Kier molecular flexibility index (Phi) is 3.78. The molecule has 0 spiro atoms. The van der Waals surface area contributed by atoms with E-state index < -0.39 is 5.18 Å². The highest BCUT2D eigenvalue weighted by atomic mass is 127. The van der Waals surface area contributed by atoms with Crippen LogP contribution in [0.4, 0.5) is 0 Å². The van der Waals surface area contributed by atoms with E-state index in [1.54, 1.807) is 0 Å². The molecule has 0 aliphatic carbocycles. The number of rotatable bonds is 0. The second kappa shape index (κ2) is 2.74. The molecule has 0 aromatic carbocycles. The van der Waals surface area contributed by atoms with Gasteiger partial charge in [-0.3, -0.25) is 0 Å². The zero-order chi connectivity index (χ0) is 3.58. The van der Waals surface area contributed by atoms with Gasteiger partial charge in [-0.05, 0) is 27.6 Å². The lowest BCUT2D eigenvalue weighted by atomic mass is 31.1. The Labute approximate surface area is 48.4 Å². The van der Waals surface area contributed by atoms with Crippen molar-refractivity contribution in [1.29, 1.82) is 0 Å². The van der Waals surface area contributed by atoms with Crippen LogP contribution in [0.2, 0.25) is 0 Å². The van der Waals surface area contributed by atoms with Gasteiger partial charge >= 0.3 is 0 Å². The van der Waals surface area contributed by atoms with Crippen LogP contribution < -0.4 is 0 Å². The molecule has 0 atom stereocenters. The Bertz CT molecular complexity index is 51.7. The topological polar surface area (TPSA) is 0 Å². The molecule has 0 fully saturated rings. The second-order valence-corrected chi connectivity index (χ2v) is 10.3. The summed E-state index contributed by atoms with van der Waals surface area (Å²) < 4.78 is 0. The second-order valence-electron chi connectivity index (χ2n) is 0.213. The molecule has 0 aliphatic heterocycles. The first-order valence-corrected chi connectivity index (χ1v) is 6.69. The third-order valence-corrected chi connectivity index (χ3v) is 0. The summed E-state index contributed by atoms with van der Waals surface area (Å²) in [6.45, 7) is 0. The van der Waals surface area contributed by atoms with Gasteiger partial charge in [0.2, 0.25) is 0 Å². The van der Waals surface area contributed by atoms with Gasteiger partial charge in [0.15, 0.2) is 0 Å². The first kappa shape index (κ1) is 5.52. The van der Waals surface area contributed by atoms with E-state index in [2.05, 4.69) is 22.4 Å². The van der Waals surface area contributed by atoms with Crippen molar-refractivity contribution in [3.05, 3.63) is 0 Å². The van der Waals surface area contributed by atoms with Crippen LogP contribution in [0, 0.1) is 0 Å². The fourth-order valence-electron chi connectivity index (χ4n) is 0. The Morgan fingerprint density at radius 1 is 1.50 bits per heavy atom. The molecule has 0 nitrogen and oxygen atoms in total. The Balaban J connectivity index is 3.51. The number of thiol groups is 1. The average molecular weight is 224 g/mol. The molecule has 0 heterocycles. The average Bonchev–Trinajstić information content (AvgIpc) is 0.811. The van der Waals surface area contributed by atoms with Gasteiger partial charge in [0, 0.05) is 21.2 Å². The largest absolute Gasteiger partial charge is 0.0458 e. The quantitative estimate of drug-likeness (QED) is 0.364. The zero-order valence-corrected chi connectivity index (χ0v) is 6.33. The lowest BCUT2D eigenvalue weighted by molar-refractivity contribution is 6.30. The minimum Gasteiger partial charge on any atom is -0.0458 e. The van der Waals surface area contributed by atoms with Crippen LogP contribution in [0.15, 0.2) is 0 Å². The molecule has 0 N–H and O–H groups in total. The lowest BCUT2D eigenvalue weighted by Crippen LogP contribution is -1.26. The Morgan fingerprint density at radius 2 is 1.50 bits per heavy atom. The molecule has 4 heavy (non-hydrogen) atoms. The van der Waals surface area contributed by atoms with Crippen LogP contribution in [0.5, 0.6) is 0 Å². The molecule has 0 rings (SSSR count). The fourth-order valence-corrected chi connectivity index (χ4v) is 0. The molecule has 0 amide bonds. The van der Waals surface area contributed by atoms with Crippen molar-refractivity contribution < 1.29 is 0 Å². The molecule has 4 heteroatoms. The maximum absolute atomic E-state index is 4.49. The molecule has 0 radical (unpaired) electrons. The van der Waals surface area contributed by atoms with E-state index in [0.29, 0.717) is 0 Å². The predicted octanol–water partition coefficient (Wildman–Crippen LogP) is 0.611. The van der Waals surface area contributed by atoms with Gasteiger partial charge in [0.1, 0.15) is 0 Å². The summed E-state index contributed by atoms with van der Waals surface area (Å²) in [5.41, 5.74) is 0. The smallest absolute Gasteiger partial charge is 0.00143 e. The van der Waals surface area contributed by atoms with Gasteiger partial charge < -0.3 is 0 Å². The molecule has 26 valence electrons. The monoisotopic (exact) mass is 224 g/mol. The molecule has 0 saturated carbocycles. The SMILES string of the molecule is S=[SH](=S)I. The van der Waals surface area contributed by atoms with E-state index in [0.717, 1.165) is 0 Å². The van der Waals surface area contributed by atoms with Crippen molar-refractivity contribution in [1.82, 2.24) is 0 Å². The van der Waals surface area contributed by atoms with Crippen molar-refractivity contribution in [2.75, 3.05) is 0 Å². The van der Waals surface area contributed by atoms with E-state index in [1.165, 1.54) is 0 Å². The molecular weight excluding hydrogens is 223 g/mol. The van der Waals surface area contributed by atoms with Crippen LogP contribution in [-0.4, -0.2) is 0 Å². The van der Waals surface area contributed by atoms with Gasteiger partial charge in [0.05, 0.1) is 0 Å². The van der Waals surface area contributed by atoms with Crippen LogP contribution >= 0.6 is 21.2 Å². The van der Waals surface area contributed by atoms with Gasteiger partial charge in [0.25, 0.3) is 0 Å². The summed E-state index contributed by atoms with van der Waals surface area (Å²) in [5.74, 6) is 0. The third kappa shape index (κ3) is 9.68. The highest BCUT2D eigenvalue weighted by molar-refractivity contribution is 14.2. The Morgan fingerprint density at radius 3 is 1.50 bits per heavy atom. The normalized spacial score (nSPS) is 8.50. The summed E-state index contributed by atoms with van der Waals surface area (Å²) >= 11 is 11.0. The number of hydrogen-bond acceptors (Lipinski definition) is 2. The first-order chi connectivity index (χ1) is 1.73. The maximum atomic E-state index is 4.49. The van der Waals surface area contributed by atoms with Crippen molar-refractivity contribution in [2.45, 2.75) is 0 Å². The Hall–Kier alpha value is 1.52. The zero-order valence-electron chi connectivity index (χ0n) is 1.64. The van der Waals surface area contributed by atoms with Crippen LogP contribution in [0.3, 0.4) is 0 Å². The lowest BCUT2D eigenvalue weighted by Gasteiger charge is -1.45. The van der Waals surface area contributed by atoms with E-state index in [4.69, 9.17) is 0 Å². The summed E-state index contributed by atoms with van der Waals surface area (Å²) in [6.07, 6.45) is 0. The van der Waals surface area contributed by atoms with Gasteiger partial charge in [-0.2, -0.15) is 0 Å². The van der Waals surface area contributed by atoms with Gasteiger partial charge in [-0.1, -0.05) is 0 Å². The molecule has 0 aromatic rings. The molecule has 0 saturated heterocycles. The third-order valence-electron chi connectivity index (χ3n) is 0. The van der Waals surface area contributed by atoms with Gasteiger partial charge in [-0.15, -0.1) is 0 Å². The van der Waals surface area contributed by atoms with Crippen LogP contribution in [-0.2, 0) is 27.6 Å². The van der Waals surface area contributed by atoms with E-state index >= 15 is 0 Å². The number of hydrogen-bond donors (Lipinski definition) is 1. The van der Waals surface area contributed by atoms with Crippen molar-refractivity contribution in [3.63, 3.8) is 0 Å².